The smallest absolute Gasteiger partial charge is 0.251 e. The summed E-state index contributed by atoms with van der Waals surface area (Å²) in [6.45, 7) is 1.60. The van der Waals surface area contributed by atoms with E-state index in [0.29, 0.717) is 22.9 Å². The zero-order valence-electron chi connectivity index (χ0n) is 14.4. The van der Waals surface area contributed by atoms with Crippen molar-refractivity contribution in [2.24, 2.45) is 0 Å². The van der Waals surface area contributed by atoms with Gasteiger partial charge in [0.15, 0.2) is 0 Å². The molecule has 0 N–H and O–H groups in total. The fourth-order valence-electron chi connectivity index (χ4n) is 4.36. The first-order valence-corrected chi connectivity index (χ1v) is 9.54. The predicted octanol–water partition coefficient (Wildman–Crippen LogP) is 6.00. The highest BCUT2D eigenvalue weighted by Crippen LogP contribution is 2.49. The standard InChI is InChI=1S/C21H19BrF3N/c1-12-8-17-15-5-3-2-4-13(15)9-18(17)21(26(12)11-20(24)25)16-7-6-14(22)10-19(16)23/h2-7,10,12,20-21H,8-9,11H2,1H3/t12-,21-/m1/s1. The molecule has 1 heterocycles. The number of hydrogen-bond acceptors (Lipinski definition) is 1. The average molecular weight is 422 g/mol. The zero-order valence-corrected chi connectivity index (χ0v) is 15.9. The minimum Gasteiger partial charge on any atom is -0.284 e. The van der Waals surface area contributed by atoms with E-state index in [4.69, 9.17) is 0 Å². The third kappa shape index (κ3) is 3.01. The Morgan fingerprint density at radius 3 is 2.69 bits per heavy atom. The molecule has 1 nitrogen and oxygen atoms in total. The van der Waals surface area contributed by atoms with E-state index in [2.05, 4.69) is 28.1 Å². The van der Waals surface area contributed by atoms with Crippen LogP contribution in [0.5, 0.6) is 0 Å². The summed E-state index contributed by atoms with van der Waals surface area (Å²) in [4.78, 5) is 1.77. The van der Waals surface area contributed by atoms with E-state index < -0.39 is 12.5 Å². The number of nitrogens with zero attached hydrogens (tertiary/aromatic N) is 1. The Kier molecular flexibility index (Phi) is 4.70. The molecule has 2 aliphatic rings. The molecular weight excluding hydrogens is 403 g/mol. The Labute approximate surface area is 159 Å². The van der Waals surface area contributed by atoms with Gasteiger partial charge in [-0.05, 0) is 54.2 Å². The van der Waals surface area contributed by atoms with Crippen LogP contribution in [0.1, 0.15) is 36.1 Å². The van der Waals surface area contributed by atoms with E-state index >= 15 is 0 Å². The topological polar surface area (TPSA) is 3.24 Å². The summed E-state index contributed by atoms with van der Waals surface area (Å²) in [6.07, 6.45) is -1.05. The second-order valence-corrected chi connectivity index (χ2v) is 7.96. The Morgan fingerprint density at radius 1 is 1.19 bits per heavy atom. The molecule has 0 fully saturated rings. The highest BCUT2D eigenvalue weighted by molar-refractivity contribution is 9.10. The van der Waals surface area contributed by atoms with Gasteiger partial charge in [0, 0.05) is 16.1 Å². The molecule has 4 rings (SSSR count). The van der Waals surface area contributed by atoms with Crippen LogP contribution in [0.2, 0.25) is 0 Å². The molecule has 2 atom stereocenters. The van der Waals surface area contributed by atoms with Gasteiger partial charge in [-0.15, -0.1) is 0 Å². The first-order chi connectivity index (χ1) is 12.5. The van der Waals surface area contributed by atoms with Crippen LogP contribution in [0.15, 0.2) is 52.5 Å². The van der Waals surface area contributed by atoms with Crippen molar-refractivity contribution in [1.29, 1.82) is 0 Å². The van der Waals surface area contributed by atoms with Crippen LogP contribution >= 0.6 is 15.9 Å². The molecule has 0 bridgehead atoms. The molecule has 0 aromatic heterocycles. The normalized spacial score (nSPS) is 22.7. The molecule has 0 saturated heterocycles. The van der Waals surface area contributed by atoms with Gasteiger partial charge >= 0.3 is 0 Å². The average Bonchev–Trinajstić information content (AvgIpc) is 2.94. The number of hydrogen-bond donors (Lipinski definition) is 0. The van der Waals surface area contributed by atoms with Gasteiger partial charge < -0.3 is 0 Å². The molecule has 0 unspecified atom stereocenters. The Balaban J connectivity index is 1.86. The van der Waals surface area contributed by atoms with E-state index in [9.17, 15) is 13.2 Å². The number of alkyl halides is 2. The molecule has 0 saturated carbocycles. The van der Waals surface area contributed by atoms with E-state index in [1.807, 2.05) is 19.1 Å². The van der Waals surface area contributed by atoms with Crippen LogP contribution in [-0.2, 0) is 6.42 Å². The summed E-state index contributed by atoms with van der Waals surface area (Å²) in [6, 6.07) is 12.5. The van der Waals surface area contributed by atoms with Crippen LogP contribution in [0.25, 0.3) is 5.57 Å². The summed E-state index contributed by atoms with van der Waals surface area (Å²) in [7, 11) is 0. The highest BCUT2D eigenvalue weighted by Gasteiger charge is 2.40. The van der Waals surface area contributed by atoms with Crippen molar-refractivity contribution in [3.05, 3.63) is 75.0 Å². The van der Waals surface area contributed by atoms with Crippen molar-refractivity contribution >= 4 is 21.5 Å². The van der Waals surface area contributed by atoms with E-state index in [0.717, 1.165) is 5.57 Å². The Hall–Kier alpha value is -1.59. The van der Waals surface area contributed by atoms with Crippen molar-refractivity contribution in [2.45, 2.75) is 38.3 Å². The van der Waals surface area contributed by atoms with Crippen molar-refractivity contribution in [1.82, 2.24) is 4.90 Å². The SMILES string of the molecule is C[C@@H]1CC2=C(Cc3ccccc32)[C@@H](c2ccc(Br)cc2F)N1CC(F)F. The molecule has 2 aromatic carbocycles. The largest absolute Gasteiger partial charge is 0.284 e. The maximum absolute atomic E-state index is 14.8. The van der Waals surface area contributed by atoms with E-state index in [1.165, 1.54) is 22.8 Å². The second-order valence-electron chi connectivity index (χ2n) is 7.05. The van der Waals surface area contributed by atoms with Gasteiger partial charge in [0.05, 0.1) is 12.6 Å². The highest BCUT2D eigenvalue weighted by atomic mass is 79.9. The lowest BCUT2D eigenvalue weighted by Crippen LogP contribution is -2.43. The first-order valence-electron chi connectivity index (χ1n) is 8.74. The summed E-state index contributed by atoms with van der Waals surface area (Å²) >= 11 is 3.28. The monoisotopic (exact) mass is 421 g/mol. The van der Waals surface area contributed by atoms with Gasteiger partial charge in [0.1, 0.15) is 5.82 Å². The third-order valence-corrected chi connectivity index (χ3v) is 5.94. The zero-order chi connectivity index (χ0) is 18.4. The number of fused-ring (bicyclic) bond motifs is 2. The summed E-state index contributed by atoms with van der Waals surface area (Å²) in [5.74, 6) is -0.361. The lowest BCUT2D eigenvalue weighted by atomic mass is 9.85. The number of halogens is 4. The molecule has 0 spiro atoms. The van der Waals surface area contributed by atoms with E-state index in [1.54, 1.807) is 17.0 Å². The second kappa shape index (κ2) is 6.86. The molecule has 0 amide bonds. The number of rotatable bonds is 3. The maximum atomic E-state index is 14.8. The summed E-state index contributed by atoms with van der Waals surface area (Å²) < 4.78 is 42.0. The first kappa shape index (κ1) is 17.8. The van der Waals surface area contributed by atoms with Crippen LogP contribution in [-0.4, -0.2) is 23.9 Å². The fraction of sp³-hybridized carbons (Fsp3) is 0.333. The third-order valence-electron chi connectivity index (χ3n) is 5.44. The van der Waals surface area contributed by atoms with Crippen LogP contribution in [0, 0.1) is 5.82 Å². The lowest BCUT2D eigenvalue weighted by molar-refractivity contribution is 0.0473. The molecule has 136 valence electrons. The molecule has 0 radical (unpaired) electrons. The van der Waals surface area contributed by atoms with Crippen LogP contribution < -0.4 is 0 Å². The maximum Gasteiger partial charge on any atom is 0.251 e. The van der Waals surface area contributed by atoms with Gasteiger partial charge in [-0.25, -0.2) is 13.2 Å². The molecular formula is C21H19BrF3N. The van der Waals surface area contributed by atoms with Gasteiger partial charge in [-0.1, -0.05) is 46.3 Å². The van der Waals surface area contributed by atoms with Crippen molar-refractivity contribution < 1.29 is 13.2 Å². The summed E-state index contributed by atoms with van der Waals surface area (Å²) in [5.41, 5.74) is 5.12. The molecule has 1 aliphatic carbocycles. The van der Waals surface area contributed by atoms with Gasteiger partial charge in [-0.2, -0.15) is 0 Å². The van der Waals surface area contributed by atoms with Gasteiger partial charge in [0.25, 0.3) is 6.43 Å². The molecule has 1 aliphatic heterocycles. The minimum atomic E-state index is -2.45. The molecule has 5 heteroatoms. The van der Waals surface area contributed by atoms with Crippen molar-refractivity contribution in [3.8, 4) is 0 Å². The van der Waals surface area contributed by atoms with Crippen molar-refractivity contribution in [3.63, 3.8) is 0 Å². The van der Waals surface area contributed by atoms with Gasteiger partial charge in [-0.3, -0.25) is 4.90 Å². The Bertz CT molecular complexity index is 877. The minimum absolute atomic E-state index is 0.0815. The number of benzene rings is 2. The Morgan fingerprint density at radius 2 is 1.96 bits per heavy atom. The van der Waals surface area contributed by atoms with E-state index in [-0.39, 0.29) is 18.4 Å². The predicted molar refractivity (Wildman–Crippen MR) is 101 cm³/mol. The van der Waals surface area contributed by atoms with Crippen LogP contribution in [0.4, 0.5) is 13.2 Å². The summed E-state index contributed by atoms with van der Waals surface area (Å²) in [5, 5.41) is 0. The molecule has 2 aromatic rings. The quantitative estimate of drug-likeness (QED) is 0.587. The molecule has 26 heavy (non-hydrogen) atoms. The van der Waals surface area contributed by atoms with Crippen LogP contribution in [0.3, 0.4) is 0 Å². The fourth-order valence-corrected chi connectivity index (χ4v) is 4.69. The van der Waals surface area contributed by atoms with Gasteiger partial charge in [0.2, 0.25) is 0 Å². The van der Waals surface area contributed by atoms with Crippen molar-refractivity contribution in [2.75, 3.05) is 6.54 Å². The lowest BCUT2D eigenvalue weighted by Gasteiger charge is -2.42.